The van der Waals surface area contributed by atoms with E-state index in [1.807, 2.05) is 0 Å². The highest BCUT2D eigenvalue weighted by molar-refractivity contribution is 9.10. The van der Waals surface area contributed by atoms with Crippen LogP contribution < -0.4 is 5.73 Å². The van der Waals surface area contributed by atoms with Crippen LogP contribution in [-0.2, 0) is 0 Å². The van der Waals surface area contributed by atoms with E-state index in [2.05, 4.69) is 52.1 Å². The molecular formula is C12H17BrN2. The number of benzene rings is 1. The molecule has 2 rings (SSSR count). The van der Waals surface area contributed by atoms with Crippen molar-refractivity contribution in [3.63, 3.8) is 0 Å². The van der Waals surface area contributed by atoms with Gasteiger partial charge in [0.25, 0.3) is 0 Å². The molecule has 2 nitrogen and oxygen atoms in total. The number of rotatable bonds is 2. The smallest absolute Gasteiger partial charge is 0.0221 e. The Morgan fingerprint density at radius 1 is 1.47 bits per heavy atom. The maximum Gasteiger partial charge on any atom is 0.0221 e. The van der Waals surface area contributed by atoms with E-state index in [1.165, 1.54) is 16.5 Å². The molecular weight excluding hydrogens is 252 g/mol. The van der Waals surface area contributed by atoms with Crippen LogP contribution >= 0.6 is 15.9 Å². The zero-order valence-electron chi connectivity index (χ0n) is 8.99. The molecule has 0 saturated carbocycles. The van der Waals surface area contributed by atoms with Crippen molar-refractivity contribution in [2.75, 3.05) is 20.1 Å². The van der Waals surface area contributed by atoms with Crippen LogP contribution in [0.1, 0.15) is 17.9 Å². The van der Waals surface area contributed by atoms with E-state index in [-0.39, 0.29) is 0 Å². The second-order valence-corrected chi connectivity index (χ2v) is 5.14. The lowest BCUT2D eigenvalue weighted by molar-refractivity contribution is 0.316. The van der Waals surface area contributed by atoms with Crippen LogP contribution in [0.2, 0.25) is 0 Å². The molecule has 2 N–H and O–H groups in total. The van der Waals surface area contributed by atoms with Crippen molar-refractivity contribution in [1.82, 2.24) is 4.90 Å². The van der Waals surface area contributed by atoms with Crippen molar-refractivity contribution in [2.45, 2.75) is 18.4 Å². The Bertz CT molecular complexity index is 340. The summed E-state index contributed by atoms with van der Waals surface area (Å²) in [7, 11) is 2.16. The van der Waals surface area contributed by atoms with Crippen molar-refractivity contribution in [3.05, 3.63) is 34.3 Å². The molecule has 1 saturated heterocycles. The summed E-state index contributed by atoms with van der Waals surface area (Å²) in [5.41, 5.74) is 7.17. The maximum atomic E-state index is 5.75. The van der Waals surface area contributed by atoms with Gasteiger partial charge >= 0.3 is 0 Å². The highest BCUT2D eigenvalue weighted by Gasteiger charge is 2.30. The first kappa shape index (κ1) is 11.1. The van der Waals surface area contributed by atoms with Gasteiger partial charge in [-0.05, 0) is 31.0 Å². The monoisotopic (exact) mass is 268 g/mol. The van der Waals surface area contributed by atoms with Gasteiger partial charge in [0.2, 0.25) is 0 Å². The molecule has 15 heavy (non-hydrogen) atoms. The molecule has 1 aliphatic heterocycles. The topological polar surface area (TPSA) is 29.3 Å². The third-order valence-electron chi connectivity index (χ3n) is 3.31. The Hall–Kier alpha value is -0.380. The largest absolute Gasteiger partial charge is 0.329 e. The summed E-state index contributed by atoms with van der Waals surface area (Å²) >= 11 is 3.62. The lowest BCUT2D eigenvalue weighted by atomic mass is 9.96. The number of likely N-dealkylation sites (N-methyl/N-ethyl adjacent to an activating group) is 1. The maximum absolute atomic E-state index is 5.75. The summed E-state index contributed by atoms with van der Waals surface area (Å²) in [6.45, 7) is 1.88. The zero-order chi connectivity index (χ0) is 10.8. The summed E-state index contributed by atoms with van der Waals surface area (Å²) in [5.74, 6) is 0.624. The van der Waals surface area contributed by atoms with Crippen molar-refractivity contribution in [2.24, 2.45) is 5.73 Å². The van der Waals surface area contributed by atoms with Crippen molar-refractivity contribution in [3.8, 4) is 0 Å². The molecule has 1 aromatic rings. The van der Waals surface area contributed by atoms with Crippen LogP contribution in [0.4, 0.5) is 0 Å². The number of nitrogens with zero attached hydrogens (tertiary/aromatic N) is 1. The van der Waals surface area contributed by atoms with Crippen molar-refractivity contribution < 1.29 is 0 Å². The van der Waals surface area contributed by atoms with Crippen molar-refractivity contribution in [1.29, 1.82) is 0 Å². The van der Waals surface area contributed by atoms with Gasteiger partial charge in [-0.1, -0.05) is 34.1 Å². The average molecular weight is 269 g/mol. The highest BCUT2D eigenvalue weighted by atomic mass is 79.9. The fraction of sp³-hybridized carbons (Fsp3) is 0.500. The molecule has 82 valence electrons. The molecule has 0 aromatic heterocycles. The lowest BCUT2D eigenvalue weighted by Gasteiger charge is -2.15. The Labute approximate surface area is 99.6 Å². The van der Waals surface area contributed by atoms with Gasteiger partial charge in [0.1, 0.15) is 0 Å². The van der Waals surface area contributed by atoms with Gasteiger partial charge in [-0.25, -0.2) is 0 Å². The SMILES string of the molecule is CN1CC(c2ccccc2Br)CC1CN. The summed E-state index contributed by atoms with van der Waals surface area (Å²) in [6, 6.07) is 9.04. The Balaban J connectivity index is 2.17. The molecule has 0 spiro atoms. The lowest BCUT2D eigenvalue weighted by Crippen LogP contribution is -2.31. The molecule has 2 atom stereocenters. The molecule has 1 fully saturated rings. The van der Waals surface area contributed by atoms with Crippen LogP contribution in [0, 0.1) is 0 Å². The number of nitrogens with two attached hydrogens (primary N) is 1. The molecule has 0 aliphatic carbocycles. The van der Waals surface area contributed by atoms with Gasteiger partial charge in [0.15, 0.2) is 0 Å². The highest BCUT2D eigenvalue weighted by Crippen LogP contribution is 2.34. The second kappa shape index (κ2) is 4.64. The summed E-state index contributed by atoms with van der Waals surface area (Å²) < 4.78 is 1.22. The predicted molar refractivity (Wildman–Crippen MR) is 67.0 cm³/mol. The molecule has 0 bridgehead atoms. The van der Waals surface area contributed by atoms with Gasteiger partial charge < -0.3 is 10.6 Å². The fourth-order valence-electron chi connectivity index (χ4n) is 2.39. The normalized spacial score (nSPS) is 27.1. The number of hydrogen-bond donors (Lipinski definition) is 1. The van der Waals surface area contributed by atoms with Gasteiger partial charge in [-0.3, -0.25) is 0 Å². The van der Waals surface area contributed by atoms with Gasteiger partial charge in [0, 0.05) is 23.6 Å². The molecule has 1 aromatic carbocycles. The van der Waals surface area contributed by atoms with Crippen molar-refractivity contribution >= 4 is 15.9 Å². The molecule has 1 heterocycles. The Morgan fingerprint density at radius 2 is 2.20 bits per heavy atom. The number of halogens is 1. The van der Waals surface area contributed by atoms with E-state index in [4.69, 9.17) is 5.73 Å². The quantitative estimate of drug-likeness (QED) is 0.891. The predicted octanol–water partition coefficient (Wildman–Crippen LogP) is 2.20. The standard InChI is InChI=1S/C12H17BrN2/c1-15-8-9(6-10(15)7-14)11-4-2-3-5-12(11)13/h2-5,9-10H,6-8,14H2,1H3. The molecule has 0 radical (unpaired) electrons. The molecule has 1 aliphatic rings. The third kappa shape index (κ3) is 2.25. The Kier molecular flexibility index (Phi) is 3.44. The van der Waals surface area contributed by atoms with Gasteiger partial charge in [-0.2, -0.15) is 0 Å². The van der Waals surface area contributed by atoms with Gasteiger partial charge in [-0.15, -0.1) is 0 Å². The summed E-state index contributed by atoms with van der Waals surface area (Å²) in [5, 5.41) is 0. The first-order valence-corrected chi connectivity index (χ1v) is 6.16. The minimum absolute atomic E-state index is 0.544. The van der Waals surface area contributed by atoms with E-state index in [9.17, 15) is 0 Å². The van der Waals surface area contributed by atoms with Crippen LogP contribution in [0.15, 0.2) is 28.7 Å². The summed E-state index contributed by atoms with van der Waals surface area (Å²) in [4.78, 5) is 2.37. The number of hydrogen-bond acceptors (Lipinski definition) is 2. The molecule has 3 heteroatoms. The van der Waals surface area contributed by atoms with E-state index in [0.717, 1.165) is 13.1 Å². The second-order valence-electron chi connectivity index (χ2n) is 4.28. The van der Waals surface area contributed by atoms with Crippen LogP contribution in [0.25, 0.3) is 0 Å². The Morgan fingerprint density at radius 3 is 2.80 bits per heavy atom. The van der Waals surface area contributed by atoms with Gasteiger partial charge in [0.05, 0.1) is 0 Å². The van der Waals surface area contributed by atoms with E-state index < -0.39 is 0 Å². The van der Waals surface area contributed by atoms with Crippen LogP contribution in [-0.4, -0.2) is 31.1 Å². The summed E-state index contributed by atoms with van der Waals surface area (Å²) in [6.07, 6.45) is 1.18. The molecule has 0 amide bonds. The minimum Gasteiger partial charge on any atom is -0.329 e. The van der Waals surface area contributed by atoms with E-state index in [0.29, 0.717) is 12.0 Å². The third-order valence-corrected chi connectivity index (χ3v) is 4.03. The minimum atomic E-state index is 0.544. The number of likely N-dealkylation sites (tertiary alicyclic amines) is 1. The van der Waals surface area contributed by atoms with E-state index >= 15 is 0 Å². The molecule has 2 unspecified atom stereocenters. The van der Waals surface area contributed by atoms with Crippen LogP contribution in [0.5, 0.6) is 0 Å². The van der Waals surface area contributed by atoms with Crippen LogP contribution in [0.3, 0.4) is 0 Å². The fourth-order valence-corrected chi connectivity index (χ4v) is 3.00. The first-order chi connectivity index (χ1) is 7.22. The van der Waals surface area contributed by atoms with E-state index in [1.54, 1.807) is 0 Å². The average Bonchev–Trinajstić information content (AvgIpc) is 2.60. The first-order valence-electron chi connectivity index (χ1n) is 5.37. The zero-order valence-corrected chi connectivity index (χ0v) is 10.6.